The van der Waals surface area contributed by atoms with Gasteiger partial charge in [0.25, 0.3) is 0 Å². The van der Waals surface area contributed by atoms with Gasteiger partial charge in [-0.05, 0) is 189 Å². The lowest BCUT2D eigenvalue weighted by atomic mass is 10.1. The Morgan fingerprint density at radius 2 is 0.863 bits per heavy atom. The number of thiazole rings is 4. The number of amides is 6. The third-order valence-corrected chi connectivity index (χ3v) is 23.4. The van der Waals surface area contributed by atoms with Gasteiger partial charge in [0, 0.05) is 65.7 Å². The number of hydrogen-bond acceptors (Lipinski definition) is 27. The minimum absolute atomic E-state index is 0. The standard InChI is InChI=1S/C19H31N3O6S2.C19H31N3O4S2.C18H29N3O4S.C9H15N3O2S2.2ClH/c1-18(2,3)27-16(23)21(7)15-20-13(14(29-15)30(8,25)26)12-10-9-11-22(12)17(24)28-19(4,5)6;1-18(2,3)25-16(23)21(7)15-20-13(14(27-8)28-15)12-10-9-11-22(12)17(24)26-19(4,5)6;1-17(2,3)24-15(22)20(7)14-19-12(11-26-14)13-9-8-10-21(13)16(23)25-18(4,5)6;1-10-9-12-7(6-4-3-5-11-6)8(15-9)16(2,13)14;;/h12H,9-11H2,1-8H3;12H,9-11H2,1-8H3;11,13H,8-10H2,1-7H3;6,11H,3-5H2,1-2H3,(H,10,12);2*1H/t2*12-;13-;6-;;/m1111../s1. The van der Waals surface area contributed by atoms with Gasteiger partial charge in [-0.1, -0.05) is 34.0 Å². The monoisotopic (exact) mass is 1610 g/mol. The lowest BCUT2D eigenvalue weighted by molar-refractivity contribution is 0.0209. The Morgan fingerprint density at radius 3 is 1.24 bits per heavy atom. The number of sulfone groups is 2. The normalized spacial score (nSPS) is 18.0. The summed E-state index contributed by atoms with van der Waals surface area (Å²) in [6.07, 6.45) is 8.33. The number of likely N-dealkylation sites (tertiary alicyclic amines) is 3. The van der Waals surface area contributed by atoms with Crippen molar-refractivity contribution in [1.82, 2.24) is 40.0 Å². The number of carbonyl (C=O) groups is 6. The number of anilines is 4. The van der Waals surface area contributed by atoms with Crippen LogP contribution in [-0.4, -0.2) is 195 Å². The van der Waals surface area contributed by atoms with Crippen LogP contribution in [0, 0.1) is 0 Å². The van der Waals surface area contributed by atoms with Gasteiger partial charge in [0.2, 0.25) is 0 Å². The van der Waals surface area contributed by atoms with Gasteiger partial charge in [0.15, 0.2) is 40.2 Å². The first kappa shape index (κ1) is 90.9. The van der Waals surface area contributed by atoms with Crippen molar-refractivity contribution in [3.63, 3.8) is 0 Å². The number of ether oxygens (including phenoxy) is 6. The van der Waals surface area contributed by atoms with Crippen molar-refractivity contribution < 1.29 is 74.0 Å². The number of hydrogen-bond donors (Lipinski definition) is 2. The van der Waals surface area contributed by atoms with Gasteiger partial charge in [-0.3, -0.25) is 29.4 Å². The minimum Gasteiger partial charge on any atom is -0.444 e. The van der Waals surface area contributed by atoms with Crippen molar-refractivity contribution in [2.75, 3.05) is 93.2 Å². The zero-order valence-electron chi connectivity index (χ0n) is 63.6. The van der Waals surface area contributed by atoms with Gasteiger partial charge in [-0.2, -0.15) is 0 Å². The average molecular weight is 1610 g/mol. The van der Waals surface area contributed by atoms with E-state index >= 15 is 0 Å². The molecule has 4 aliphatic rings. The highest BCUT2D eigenvalue weighted by Gasteiger charge is 2.42. The van der Waals surface area contributed by atoms with Gasteiger partial charge in [-0.15, -0.1) is 47.9 Å². The first-order valence-electron chi connectivity index (χ1n) is 32.9. The third-order valence-electron chi connectivity index (χ3n) is 14.3. The first-order valence-corrected chi connectivity index (χ1v) is 41.3. The predicted octanol–water partition coefficient (Wildman–Crippen LogP) is 15.7. The number of carbonyl (C=O) groups excluding carboxylic acids is 6. The van der Waals surface area contributed by atoms with E-state index in [1.165, 1.54) is 66.9 Å². The summed E-state index contributed by atoms with van der Waals surface area (Å²) in [7, 11) is -0.303. The van der Waals surface area contributed by atoms with E-state index < -0.39 is 83.7 Å². The highest BCUT2D eigenvalue weighted by Crippen LogP contribution is 2.44. The molecule has 8 rings (SSSR count). The Balaban J connectivity index is 0.000000358. The van der Waals surface area contributed by atoms with Gasteiger partial charge < -0.3 is 39.1 Å². The van der Waals surface area contributed by atoms with Crippen molar-refractivity contribution in [2.24, 2.45) is 0 Å². The molecule has 0 aromatic carbocycles. The lowest BCUT2D eigenvalue weighted by Gasteiger charge is -2.28. The molecule has 4 fully saturated rings. The molecule has 4 saturated heterocycles. The Kier molecular flexibility index (Phi) is 32.4. The fourth-order valence-corrected chi connectivity index (χ4v) is 17.1. The van der Waals surface area contributed by atoms with Crippen LogP contribution in [-0.2, 0) is 48.1 Å². The van der Waals surface area contributed by atoms with Crippen LogP contribution < -0.4 is 25.3 Å². The van der Waals surface area contributed by atoms with Crippen LogP contribution in [0.15, 0.2) is 18.0 Å². The molecular weight excluding hydrogens is 1500 g/mol. The first-order chi connectivity index (χ1) is 45.7. The van der Waals surface area contributed by atoms with Crippen molar-refractivity contribution in [2.45, 2.75) is 246 Å². The van der Waals surface area contributed by atoms with Crippen molar-refractivity contribution in [3.05, 3.63) is 28.2 Å². The second-order valence-corrected chi connectivity index (χ2v) is 39.6. The van der Waals surface area contributed by atoms with Crippen LogP contribution >= 0.6 is 81.9 Å². The molecule has 2 N–H and O–H groups in total. The molecule has 580 valence electrons. The molecule has 4 aliphatic heterocycles. The van der Waals surface area contributed by atoms with Crippen LogP contribution in [0.4, 0.5) is 49.3 Å². The van der Waals surface area contributed by atoms with Crippen LogP contribution in [0.5, 0.6) is 0 Å². The van der Waals surface area contributed by atoms with Crippen LogP contribution in [0.2, 0.25) is 0 Å². The van der Waals surface area contributed by atoms with Gasteiger partial charge in [-0.25, -0.2) is 65.5 Å². The maximum absolute atomic E-state index is 12.7. The van der Waals surface area contributed by atoms with Crippen molar-refractivity contribution in [1.29, 1.82) is 0 Å². The number of nitrogens with one attached hydrogen (secondary N) is 2. The maximum Gasteiger partial charge on any atom is 0.416 e. The summed E-state index contributed by atoms with van der Waals surface area (Å²) in [6, 6.07) is -0.721. The zero-order valence-corrected chi connectivity index (χ0v) is 70.9. The summed E-state index contributed by atoms with van der Waals surface area (Å²) >= 11 is 6.46. The largest absolute Gasteiger partial charge is 0.444 e. The molecular formula is C65H108Cl2N12O16S7. The molecule has 0 radical (unpaired) electrons. The number of aromatic nitrogens is 4. The summed E-state index contributed by atoms with van der Waals surface area (Å²) in [5, 5.41) is 10.0. The predicted molar refractivity (Wildman–Crippen MR) is 409 cm³/mol. The summed E-state index contributed by atoms with van der Waals surface area (Å²) in [5.41, 5.74) is -1.05. The van der Waals surface area contributed by atoms with Crippen LogP contribution in [0.3, 0.4) is 0 Å². The van der Waals surface area contributed by atoms with E-state index in [1.54, 1.807) is 84.2 Å². The summed E-state index contributed by atoms with van der Waals surface area (Å²) in [5.74, 6) is 0. The van der Waals surface area contributed by atoms with Crippen molar-refractivity contribution in [3.8, 4) is 0 Å². The van der Waals surface area contributed by atoms with E-state index in [2.05, 4.69) is 25.6 Å². The second-order valence-electron chi connectivity index (χ2n) is 30.3. The summed E-state index contributed by atoms with van der Waals surface area (Å²) in [4.78, 5) is 102. The molecule has 28 nitrogen and oxygen atoms in total. The van der Waals surface area contributed by atoms with Crippen LogP contribution in [0.1, 0.15) is 223 Å². The van der Waals surface area contributed by atoms with E-state index in [1.807, 2.05) is 94.7 Å². The molecule has 0 unspecified atom stereocenters. The average Bonchev–Trinajstić information content (AvgIpc) is 1.64. The Morgan fingerprint density at radius 1 is 0.500 bits per heavy atom. The molecule has 4 aromatic rings. The van der Waals surface area contributed by atoms with Crippen LogP contribution in [0.25, 0.3) is 0 Å². The molecule has 6 amide bonds. The van der Waals surface area contributed by atoms with Gasteiger partial charge in [0.05, 0.1) is 51.2 Å². The number of thioether (sulfide) groups is 1. The maximum atomic E-state index is 12.7. The fraction of sp³-hybridized carbons (Fsp3) is 0.723. The number of rotatable bonds is 11. The van der Waals surface area contributed by atoms with E-state index in [0.29, 0.717) is 57.8 Å². The highest BCUT2D eigenvalue weighted by molar-refractivity contribution is 8.00. The van der Waals surface area contributed by atoms with Crippen molar-refractivity contribution >= 4 is 159 Å². The highest BCUT2D eigenvalue weighted by atomic mass is 35.5. The summed E-state index contributed by atoms with van der Waals surface area (Å²) in [6.45, 7) is 35.3. The smallest absolute Gasteiger partial charge is 0.416 e. The minimum atomic E-state index is -3.63. The Bertz CT molecular complexity index is 3730. The molecule has 4 aromatic heterocycles. The van der Waals surface area contributed by atoms with Gasteiger partial charge >= 0.3 is 36.6 Å². The molecule has 37 heteroatoms. The third kappa shape index (κ3) is 27.3. The quantitative estimate of drug-likeness (QED) is 0.104. The van der Waals surface area contributed by atoms with E-state index in [-0.39, 0.29) is 70.2 Å². The Hall–Kier alpha value is -5.27. The topological polar surface area (TPSA) is 321 Å². The number of nitrogens with zero attached hydrogens (tertiary/aromatic N) is 10. The fourth-order valence-electron chi connectivity index (χ4n) is 10.2. The second kappa shape index (κ2) is 36.4. The summed E-state index contributed by atoms with van der Waals surface area (Å²) < 4.78 is 82.3. The SMILES string of the molecule is CN(C(=O)OC(C)(C)C)c1nc([C@H]2CCCN2C(=O)OC(C)(C)C)c(S(C)(=O)=O)s1.CN(C(=O)OC(C)(C)C)c1nc([C@H]2CCCN2C(=O)OC(C)(C)C)cs1.CNc1nc([C@H]2CCCN2)c(S(C)(=O)=O)s1.CSc1sc(N(C)C(=O)OC(C)(C)C)nc1[C@H]1CCCN1C(=O)OC(C)(C)C.Cl.Cl. The molecule has 0 aliphatic carbocycles. The lowest BCUT2D eigenvalue weighted by Crippen LogP contribution is -2.37. The molecule has 4 atom stereocenters. The van der Waals surface area contributed by atoms with E-state index in [9.17, 15) is 45.6 Å². The molecule has 0 bridgehead atoms. The van der Waals surface area contributed by atoms with Gasteiger partial charge in [0.1, 0.15) is 42.0 Å². The molecule has 0 spiro atoms. The zero-order chi connectivity index (χ0) is 75.8. The Labute approximate surface area is 635 Å². The van der Waals surface area contributed by atoms with E-state index in [0.717, 1.165) is 78.3 Å². The molecule has 8 heterocycles. The van der Waals surface area contributed by atoms with E-state index in [4.69, 9.17) is 33.4 Å². The molecule has 0 saturated carbocycles. The number of halogens is 2. The molecule has 102 heavy (non-hydrogen) atoms.